The van der Waals surface area contributed by atoms with Gasteiger partial charge in [-0.1, -0.05) is 54.6 Å². The molecule has 0 heterocycles. The number of hydrogen-bond acceptors (Lipinski definition) is 0. The first-order valence-corrected chi connectivity index (χ1v) is 7.57. The molecule has 3 aromatic carbocycles. The van der Waals surface area contributed by atoms with E-state index in [4.69, 9.17) is 0 Å². The van der Waals surface area contributed by atoms with E-state index in [9.17, 15) is 0 Å². The van der Waals surface area contributed by atoms with Crippen LogP contribution in [0.25, 0.3) is 0 Å². The van der Waals surface area contributed by atoms with E-state index in [1.54, 1.807) is 0 Å². The van der Waals surface area contributed by atoms with Crippen molar-refractivity contribution in [2.24, 2.45) is 0 Å². The van der Waals surface area contributed by atoms with Crippen LogP contribution in [0.2, 0.25) is 0 Å². The Bertz CT molecular complexity index is 539. The topological polar surface area (TPSA) is 126 Å². The molecule has 0 aliphatic heterocycles. The zero-order chi connectivity index (χ0) is 12.9. The largest absolute Gasteiger partial charge is 0.412 e. The Labute approximate surface area is 139 Å². The maximum Gasteiger partial charge on any atom is 0.166 e. The van der Waals surface area contributed by atoms with Crippen LogP contribution in [0.4, 0.5) is 0 Å². The van der Waals surface area contributed by atoms with Gasteiger partial charge in [-0.25, -0.2) is 0 Å². The van der Waals surface area contributed by atoms with E-state index in [2.05, 4.69) is 91.0 Å². The van der Waals surface area contributed by atoms with Gasteiger partial charge in [-0.3, -0.25) is 0 Å². The van der Waals surface area contributed by atoms with Gasteiger partial charge in [-0.05, 0) is 36.4 Å². The summed E-state index contributed by atoms with van der Waals surface area (Å²) in [6.45, 7) is 0. The third-order valence-corrected chi connectivity index (χ3v) is 5.17. The van der Waals surface area contributed by atoms with Crippen LogP contribution in [0.15, 0.2) is 106 Å². The smallest absolute Gasteiger partial charge is 0.166 e. The first-order valence-electron chi connectivity index (χ1n) is 6.34. The summed E-state index contributed by atoms with van der Waals surface area (Å²) in [5.41, 5.74) is 0. The average Bonchev–Trinajstić information content (AvgIpc) is 2.51. The predicted octanol–water partition coefficient (Wildman–Crippen LogP) is 1.48. The molecule has 0 spiro atoms. The summed E-state index contributed by atoms with van der Waals surface area (Å²) in [5.74, 6) is 0. The zero-order valence-corrected chi connectivity index (χ0v) is 13.4. The molecule has 4 nitrogen and oxygen atoms in total. The van der Waals surface area contributed by atoms with Crippen LogP contribution in [0.5, 0.6) is 0 Å². The number of rotatable bonds is 3. The van der Waals surface area contributed by atoms with Crippen molar-refractivity contribution in [3.63, 3.8) is 0 Å². The lowest BCUT2D eigenvalue weighted by atomic mass is 10.4. The maximum atomic E-state index is 2.21. The fourth-order valence-corrected chi connectivity index (χ4v) is 4.18. The first-order chi connectivity index (χ1) is 9.45. The molecule has 0 atom stereocenters. The molecule has 3 rings (SSSR count). The molecule has 0 amide bonds. The summed E-state index contributed by atoms with van der Waals surface area (Å²) < 4.78 is 0. The molecule has 0 aliphatic carbocycles. The summed E-state index contributed by atoms with van der Waals surface area (Å²) in [7, 11) is -0.0146. The van der Waals surface area contributed by atoms with E-state index >= 15 is 0 Å². The minimum atomic E-state index is -0.0146. The molecule has 0 bridgehead atoms. The SMILES string of the molecule is O.O.O.O.c1ccc([S+](c2ccccc2)c2ccccc2)cc1. The molecule has 5 heteroatoms. The molecule has 124 valence electrons. The number of benzene rings is 3. The Morgan fingerprint density at radius 3 is 0.783 bits per heavy atom. The molecule has 0 radical (unpaired) electrons. The van der Waals surface area contributed by atoms with Gasteiger partial charge in [0.2, 0.25) is 0 Å². The quantitative estimate of drug-likeness (QED) is 0.643. The highest BCUT2D eigenvalue weighted by molar-refractivity contribution is 7.97. The Hall–Kier alpha value is -2.15. The van der Waals surface area contributed by atoms with Crippen molar-refractivity contribution >= 4 is 10.9 Å². The second-order valence-corrected chi connectivity index (χ2v) is 6.27. The van der Waals surface area contributed by atoms with Crippen molar-refractivity contribution in [3.05, 3.63) is 91.0 Å². The normalized spacial score (nSPS) is 8.74. The Morgan fingerprint density at radius 1 is 0.348 bits per heavy atom. The van der Waals surface area contributed by atoms with E-state index in [0.29, 0.717) is 0 Å². The van der Waals surface area contributed by atoms with Crippen LogP contribution in [-0.4, -0.2) is 21.9 Å². The van der Waals surface area contributed by atoms with Crippen molar-refractivity contribution in [2.75, 3.05) is 0 Å². The highest BCUT2D eigenvalue weighted by Crippen LogP contribution is 2.30. The van der Waals surface area contributed by atoms with E-state index in [1.165, 1.54) is 14.7 Å². The van der Waals surface area contributed by atoms with Crippen molar-refractivity contribution in [1.29, 1.82) is 0 Å². The van der Waals surface area contributed by atoms with Gasteiger partial charge in [0.1, 0.15) is 0 Å². The van der Waals surface area contributed by atoms with Crippen LogP contribution >= 0.6 is 0 Å². The molecule has 0 aliphatic rings. The molecule has 23 heavy (non-hydrogen) atoms. The molecule has 0 saturated heterocycles. The predicted molar refractivity (Wildman–Crippen MR) is 95.9 cm³/mol. The zero-order valence-electron chi connectivity index (χ0n) is 12.6. The summed E-state index contributed by atoms with van der Waals surface area (Å²) in [6, 6.07) is 32.2. The third-order valence-electron chi connectivity index (χ3n) is 2.94. The van der Waals surface area contributed by atoms with E-state index in [0.717, 1.165) is 0 Å². The van der Waals surface area contributed by atoms with Crippen LogP contribution in [0, 0.1) is 0 Å². The molecule has 0 fully saturated rings. The van der Waals surface area contributed by atoms with Crippen molar-refractivity contribution in [2.45, 2.75) is 14.7 Å². The molecule has 0 unspecified atom stereocenters. The summed E-state index contributed by atoms with van der Waals surface area (Å²) in [5, 5.41) is 0. The Morgan fingerprint density at radius 2 is 0.565 bits per heavy atom. The third kappa shape index (κ3) is 5.52. The Balaban J connectivity index is 0. The van der Waals surface area contributed by atoms with Gasteiger partial charge in [0.25, 0.3) is 0 Å². The Kier molecular flexibility index (Phi) is 11.5. The lowest BCUT2D eigenvalue weighted by molar-refractivity contribution is 0.823. The van der Waals surface area contributed by atoms with Gasteiger partial charge in [0, 0.05) is 0 Å². The van der Waals surface area contributed by atoms with E-state index in [1.807, 2.05) is 0 Å². The van der Waals surface area contributed by atoms with Crippen LogP contribution in [0.1, 0.15) is 0 Å². The summed E-state index contributed by atoms with van der Waals surface area (Å²) >= 11 is 0. The minimum Gasteiger partial charge on any atom is -0.412 e. The van der Waals surface area contributed by atoms with Crippen molar-refractivity contribution in [1.82, 2.24) is 0 Å². The van der Waals surface area contributed by atoms with Crippen LogP contribution < -0.4 is 0 Å². The van der Waals surface area contributed by atoms with Crippen LogP contribution in [-0.2, 0) is 10.9 Å². The molecule has 3 aromatic rings. The minimum absolute atomic E-state index is 0. The van der Waals surface area contributed by atoms with E-state index in [-0.39, 0.29) is 32.8 Å². The van der Waals surface area contributed by atoms with Gasteiger partial charge in [-0.2, -0.15) is 0 Å². The fourth-order valence-electron chi connectivity index (χ4n) is 2.08. The maximum absolute atomic E-state index is 2.21. The lowest BCUT2D eigenvalue weighted by Gasteiger charge is -2.07. The van der Waals surface area contributed by atoms with Gasteiger partial charge in [-0.15, -0.1) is 0 Å². The van der Waals surface area contributed by atoms with Gasteiger partial charge < -0.3 is 21.9 Å². The van der Waals surface area contributed by atoms with Gasteiger partial charge in [0.05, 0.1) is 10.9 Å². The number of hydrogen-bond donors (Lipinski definition) is 0. The van der Waals surface area contributed by atoms with Gasteiger partial charge >= 0.3 is 0 Å². The lowest BCUT2D eigenvalue weighted by Crippen LogP contribution is -2.04. The second kappa shape index (κ2) is 11.4. The second-order valence-electron chi connectivity index (χ2n) is 4.25. The van der Waals surface area contributed by atoms with Gasteiger partial charge in [0.15, 0.2) is 14.7 Å². The monoisotopic (exact) mass is 335 g/mol. The standard InChI is InChI=1S/C18H15S.4H2O/c1-4-10-16(11-5-1)19(17-12-6-2-7-13-17)18-14-8-3-9-15-18;;;;/h1-15H;4*1H2/q+1;;;;. The molecule has 0 saturated carbocycles. The van der Waals surface area contributed by atoms with Crippen LogP contribution in [0.3, 0.4) is 0 Å². The molecule has 8 N–H and O–H groups in total. The summed E-state index contributed by atoms with van der Waals surface area (Å²) in [4.78, 5) is 4.08. The molecular weight excluding hydrogens is 312 g/mol. The summed E-state index contributed by atoms with van der Waals surface area (Å²) in [6.07, 6.45) is 0. The fraction of sp³-hybridized carbons (Fsp3) is 0. The molecule has 0 aromatic heterocycles. The van der Waals surface area contributed by atoms with E-state index < -0.39 is 0 Å². The molecular formula is C18H23O4S+. The van der Waals surface area contributed by atoms with Crippen molar-refractivity contribution < 1.29 is 21.9 Å². The average molecular weight is 335 g/mol. The first kappa shape index (κ1) is 23.1. The highest BCUT2D eigenvalue weighted by Gasteiger charge is 2.27. The highest BCUT2D eigenvalue weighted by atomic mass is 32.2. The van der Waals surface area contributed by atoms with Crippen molar-refractivity contribution in [3.8, 4) is 0 Å².